The van der Waals surface area contributed by atoms with E-state index >= 15 is 0 Å². The van der Waals surface area contributed by atoms with Gasteiger partial charge in [-0.15, -0.1) is 0 Å². The molecule has 4 heteroatoms. The molecule has 0 bridgehead atoms. The number of hydrogen-bond donors (Lipinski definition) is 1. The number of anilines is 1. The number of pyridine rings is 1. The van der Waals surface area contributed by atoms with Gasteiger partial charge in [-0.1, -0.05) is 6.92 Å². The van der Waals surface area contributed by atoms with Crippen molar-refractivity contribution in [1.82, 2.24) is 4.98 Å². The van der Waals surface area contributed by atoms with Crippen LogP contribution in [0.3, 0.4) is 0 Å². The first-order valence-electron chi connectivity index (χ1n) is 6.73. The Morgan fingerprint density at radius 2 is 2.16 bits per heavy atom. The van der Waals surface area contributed by atoms with E-state index in [4.69, 9.17) is 10.2 Å². The summed E-state index contributed by atoms with van der Waals surface area (Å²) in [6, 6.07) is 8.00. The number of nitrogens with zero attached hydrogens (tertiary/aromatic N) is 2. The molecule has 0 fully saturated rings. The van der Waals surface area contributed by atoms with Crippen molar-refractivity contribution in [3.63, 3.8) is 0 Å². The highest BCUT2D eigenvalue weighted by molar-refractivity contribution is 5.44. The summed E-state index contributed by atoms with van der Waals surface area (Å²) in [7, 11) is 0. The molecule has 2 heterocycles. The zero-order chi connectivity index (χ0) is 13.7. The Morgan fingerprint density at radius 3 is 2.68 bits per heavy atom. The molecule has 102 valence electrons. The lowest BCUT2D eigenvalue weighted by molar-refractivity contribution is 0.503. The number of nitrogens with two attached hydrogens (primary N) is 1. The predicted molar refractivity (Wildman–Crippen MR) is 76.9 cm³/mol. The summed E-state index contributed by atoms with van der Waals surface area (Å²) in [4.78, 5) is 6.67. The van der Waals surface area contributed by atoms with Crippen LogP contribution in [-0.4, -0.2) is 11.5 Å². The van der Waals surface area contributed by atoms with Crippen LogP contribution < -0.4 is 10.6 Å². The molecule has 0 aromatic carbocycles. The minimum Gasteiger partial charge on any atom is -0.467 e. The Balaban J connectivity index is 2.10. The molecule has 0 spiro atoms. The molecular weight excluding hydrogens is 238 g/mol. The molecule has 0 amide bonds. The van der Waals surface area contributed by atoms with Crippen LogP contribution in [0.15, 0.2) is 41.1 Å². The molecule has 4 nitrogen and oxygen atoms in total. The third kappa shape index (κ3) is 3.35. The lowest BCUT2D eigenvalue weighted by Gasteiger charge is -2.22. The number of furan rings is 1. The van der Waals surface area contributed by atoms with Crippen molar-refractivity contribution in [2.75, 3.05) is 11.4 Å². The second-order valence-corrected chi connectivity index (χ2v) is 4.55. The smallest absolute Gasteiger partial charge is 0.123 e. The van der Waals surface area contributed by atoms with E-state index in [0.29, 0.717) is 0 Å². The molecule has 2 aromatic rings. The zero-order valence-electron chi connectivity index (χ0n) is 11.5. The third-order valence-corrected chi connectivity index (χ3v) is 3.26. The Kier molecular flexibility index (Phi) is 4.58. The summed E-state index contributed by atoms with van der Waals surface area (Å²) in [5, 5.41) is 0. The summed E-state index contributed by atoms with van der Waals surface area (Å²) < 4.78 is 5.38. The minimum atomic E-state index is 0.0224. The van der Waals surface area contributed by atoms with Gasteiger partial charge in [0.15, 0.2) is 0 Å². The maximum absolute atomic E-state index is 5.97. The third-order valence-electron chi connectivity index (χ3n) is 3.26. The van der Waals surface area contributed by atoms with Gasteiger partial charge in [-0.2, -0.15) is 0 Å². The second-order valence-electron chi connectivity index (χ2n) is 4.55. The van der Waals surface area contributed by atoms with Gasteiger partial charge in [0.1, 0.15) is 5.76 Å². The van der Waals surface area contributed by atoms with Crippen LogP contribution in [0.5, 0.6) is 0 Å². The van der Waals surface area contributed by atoms with Crippen molar-refractivity contribution in [2.45, 2.75) is 32.9 Å². The summed E-state index contributed by atoms with van der Waals surface area (Å²) in [5.41, 5.74) is 8.01. The highest BCUT2D eigenvalue weighted by Gasteiger charge is 2.09. The summed E-state index contributed by atoms with van der Waals surface area (Å²) in [6.45, 7) is 5.84. The summed E-state index contributed by atoms with van der Waals surface area (Å²) >= 11 is 0. The topological polar surface area (TPSA) is 55.3 Å². The normalized spacial score (nSPS) is 12.4. The van der Waals surface area contributed by atoms with E-state index in [1.54, 1.807) is 6.26 Å². The van der Waals surface area contributed by atoms with Gasteiger partial charge in [-0.05, 0) is 37.6 Å². The molecule has 19 heavy (non-hydrogen) atoms. The molecule has 2 N–H and O–H groups in total. The Bertz CT molecular complexity index is 479. The molecule has 2 rings (SSSR count). The molecule has 0 aliphatic rings. The van der Waals surface area contributed by atoms with Crippen LogP contribution >= 0.6 is 0 Å². The quantitative estimate of drug-likeness (QED) is 0.866. The maximum atomic E-state index is 5.97. The van der Waals surface area contributed by atoms with Crippen molar-refractivity contribution in [2.24, 2.45) is 5.73 Å². The van der Waals surface area contributed by atoms with Gasteiger partial charge in [0.2, 0.25) is 0 Å². The van der Waals surface area contributed by atoms with Crippen molar-refractivity contribution in [3.8, 4) is 0 Å². The largest absolute Gasteiger partial charge is 0.467 e. The molecule has 2 aromatic heterocycles. The van der Waals surface area contributed by atoms with Gasteiger partial charge in [0.25, 0.3) is 0 Å². The average molecular weight is 259 g/mol. The molecule has 0 aliphatic carbocycles. The van der Waals surface area contributed by atoms with Gasteiger partial charge >= 0.3 is 0 Å². The molecule has 0 saturated carbocycles. The van der Waals surface area contributed by atoms with Crippen molar-refractivity contribution < 1.29 is 4.42 Å². The number of rotatable bonds is 6. The van der Waals surface area contributed by atoms with Crippen LogP contribution in [0.4, 0.5) is 5.69 Å². The van der Waals surface area contributed by atoms with Gasteiger partial charge in [-0.3, -0.25) is 4.98 Å². The molecule has 0 radical (unpaired) electrons. The number of aromatic nitrogens is 1. The van der Waals surface area contributed by atoms with Gasteiger partial charge in [-0.25, -0.2) is 0 Å². The van der Waals surface area contributed by atoms with E-state index in [-0.39, 0.29) is 6.04 Å². The fraction of sp³-hybridized carbons (Fsp3) is 0.400. The highest BCUT2D eigenvalue weighted by atomic mass is 16.3. The van der Waals surface area contributed by atoms with Crippen molar-refractivity contribution >= 4 is 5.69 Å². The van der Waals surface area contributed by atoms with Gasteiger partial charge in [0, 0.05) is 12.6 Å². The standard InChI is InChI=1S/C15H21N3O/c1-3-14(16)15-8-7-12(10-17-15)18(4-2)11-13-6-5-9-19-13/h5-10,14H,3-4,11,16H2,1-2H3/t14-/m1/s1. The van der Waals surface area contributed by atoms with Crippen LogP contribution in [-0.2, 0) is 6.54 Å². The molecule has 1 atom stereocenters. The van der Waals surface area contributed by atoms with Crippen LogP contribution in [0, 0.1) is 0 Å². The highest BCUT2D eigenvalue weighted by Crippen LogP contribution is 2.19. The van der Waals surface area contributed by atoms with Crippen LogP contribution in [0.2, 0.25) is 0 Å². The van der Waals surface area contributed by atoms with E-state index < -0.39 is 0 Å². The first-order chi connectivity index (χ1) is 9.24. The fourth-order valence-electron chi connectivity index (χ4n) is 1.99. The molecule has 0 unspecified atom stereocenters. The lowest BCUT2D eigenvalue weighted by atomic mass is 10.1. The Labute approximate surface area is 114 Å². The first-order valence-corrected chi connectivity index (χ1v) is 6.73. The van der Waals surface area contributed by atoms with E-state index in [9.17, 15) is 0 Å². The maximum Gasteiger partial charge on any atom is 0.123 e. The first kappa shape index (κ1) is 13.6. The summed E-state index contributed by atoms with van der Waals surface area (Å²) in [6.07, 6.45) is 4.48. The Hall–Kier alpha value is -1.81. The minimum absolute atomic E-state index is 0.0224. The SMILES string of the molecule is CC[C@@H](N)c1ccc(N(CC)Cc2ccco2)cn1. The second kappa shape index (κ2) is 6.38. The monoisotopic (exact) mass is 259 g/mol. The fourth-order valence-corrected chi connectivity index (χ4v) is 1.99. The molecule has 0 saturated heterocycles. The van der Waals surface area contributed by atoms with E-state index in [1.165, 1.54) is 0 Å². The molecule has 0 aliphatic heterocycles. The van der Waals surface area contributed by atoms with Crippen LogP contribution in [0.1, 0.15) is 37.8 Å². The van der Waals surface area contributed by atoms with Crippen molar-refractivity contribution in [3.05, 3.63) is 48.2 Å². The van der Waals surface area contributed by atoms with Crippen LogP contribution in [0.25, 0.3) is 0 Å². The van der Waals surface area contributed by atoms with Gasteiger partial charge < -0.3 is 15.1 Å². The zero-order valence-corrected chi connectivity index (χ0v) is 11.5. The Morgan fingerprint density at radius 1 is 1.32 bits per heavy atom. The number of hydrogen-bond acceptors (Lipinski definition) is 4. The van der Waals surface area contributed by atoms with E-state index in [0.717, 1.165) is 36.7 Å². The average Bonchev–Trinajstić information content (AvgIpc) is 2.97. The lowest BCUT2D eigenvalue weighted by Crippen LogP contribution is -2.22. The summed E-state index contributed by atoms with van der Waals surface area (Å²) in [5.74, 6) is 0.955. The van der Waals surface area contributed by atoms with Crippen molar-refractivity contribution in [1.29, 1.82) is 0 Å². The molecular formula is C15H21N3O. The van der Waals surface area contributed by atoms with E-state index in [1.807, 2.05) is 24.4 Å². The predicted octanol–water partition coefficient (Wildman–Crippen LogP) is 3.11. The van der Waals surface area contributed by atoms with E-state index in [2.05, 4.69) is 29.8 Å². The van der Waals surface area contributed by atoms with Gasteiger partial charge in [0.05, 0.1) is 30.4 Å².